The minimum absolute atomic E-state index is 0.503. The first-order chi connectivity index (χ1) is 11.7. The Bertz CT molecular complexity index is 1010. The van der Waals surface area contributed by atoms with Crippen LogP contribution in [0.5, 0.6) is 11.6 Å². The third-order valence-corrected chi connectivity index (χ3v) is 3.97. The van der Waals surface area contributed by atoms with E-state index >= 15 is 0 Å². The van der Waals surface area contributed by atoms with Crippen molar-refractivity contribution in [3.63, 3.8) is 0 Å². The number of benzene rings is 2. The summed E-state index contributed by atoms with van der Waals surface area (Å²) < 4.78 is 7.60. The lowest BCUT2D eigenvalue weighted by molar-refractivity contribution is 0.452. The molecule has 0 fully saturated rings. The highest BCUT2D eigenvalue weighted by Crippen LogP contribution is 2.24. The van der Waals surface area contributed by atoms with Crippen LogP contribution >= 0.6 is 0 Å². The van der Waals surface area contributed by atoms with Crippen LogP contribution in [0.25, 0.3) is 17.0 Å². The van der Waals surface area contributed by atoms with Gasteiger partial charge in [0.15, 0.2) is 11.5 Å². The minimum Gasteiger partial charge on any atom is -0.438 e. The summed E-state index contributed by atoms with van der Waals surface area (Å²) in [6.45, 7) is 4.14. The van der Waals surface area contributed by atoms with Crippen LogP contribution in [0.1, 0.15) is 11.1 Å². The standard InChI is InChI=1S/C19H16N4O/c1-13-8-9-16(12-14(13)2)24-18-11-10-17-20-21-19(23(17)22-18)15-6-4-3-5-7-15/h3-12H,1-2H3. The van der Waals surface area contributed by atoms with Gasteiger partial charge in [-0.05, 0) is 43.2 Å². The summed E-state index contributed by atoms with van der Waals surface area (Å²) in [4.78, 5) is 0. The van der Waals surface area contributed by atoms with Gasteiger partial charge in [0, 0.05) is 11.6 Å². The molecule has 0 N–H and O–H groups in total. The largest absolute Gasteiger partial charge is 0.438 e. The second-order valence-electron chi connectivity index (χ2n) is 5.68. The van der Waals surface area contributed by atoms with Gasteiger partial charge in [-0.1, -0.05) is 36.4 Å². The van der Waals surface area contributed by atoms with Crippen LogP contribution in [-0.2, 0) is 0 Å². The maximum atomic E-state index is 5.90. The van der Waals surface area contributed by atoms with Crippen molar-refractivity contribution in [2.45, 2.75) is 13.8 Å². The Morgan fingerprint density at radius 1 is 0.833 bits per heavy atom. The van der Waals surface area contributed by atoms with Crippen molar-refractivity contribution in [1.29, 1.82) is 0 Å². The van der Waals surface area contributed by atoms with Crippen LogP contribution < -0.4 is 4.74 Å². The number of nitrogens with zero attached hydrogens (tertiary/aromatic N) is 4. The molecule has 0 aliphatic heterocycles. The third-order valence-electron chi connectivity index (χ3n) is 3.97. The van der Waals surface area contributed by atoms with Gasteiger partial charge in [-0.25, -0.2) is 0 Å². The van der Waals surface area contributed by atoms with Gasteiger partial charge in [-0.2, -0.15) is 4.52 Å². The second-order valence-corrected chi connectivity index (χ2v) is 5.68. The van der Waals surface area contributed by atoms with E-state index in [4.69, 9.17) is 4.74 Å². The van der Waals surface area contributed by atoms with Crippen molar-refractivity contribution in [2.75, 3.05) is 0 Å². The smallest absolute Gasteiger partial charge is 0.237 e. The van der Waals surface area contributed by atoms with E-state index in [0.29, 0.717) is 17.4 Å². The van der Waals surface area contributed by atoms with Crippen LogP contribution in [0.3, 0.4) is 0 Å². The maximum Gasteiger partial charge on any atom is 0.237 e. The lowest BCUT2D eigenvalue weighted by atomic mass is 10.1. The summed E-state index contributed by atoms with van der Waals surface area (Å²) >= 11 is 0. The molecule has 0 aliphatic carbocycles. The second kappa shape index (κ2) is 5.77. The average molecular weight is 316 g/mol. The molecule has 2 aromatic carbocycles. The highest BCUT2D eigenvalue weighted by atomic mass is 16.5. The summed E-state index contributed by atoms with van der Waals surface area (Å²) in [5.41, 5.74) is 4.06. The van der Waals surface area contributed by atoms with E-state index in [1.807, 2.05) is 54.6 Å². The highest BCUT2D eigenvalue weighted by molar-refractivity contribution is 5.58. The zero-order chi connectivity index (χ0) is 16.5. The molecule has 0 saturated carbocycles. The fourth-order valence-corrected chi connectivity index (χ4v) is 2.49. The van der Waals surface area contributed by atoms with Gasteiger partial charge in [0.05, 0.1) is 0 Å². The molecule has 2 heterocycles. The van der Waals surface area contributed by atoms with Crippen LogP contribution in [0.4, 0.5) is 0 Å². The molecule has 0 radical (unpaired) electrons. The molecule has 4 rings (SSSR count). The van der Waals surface area contributed by atoms with Crippen molar-refractivity contribution in [3.8, 4) is 23.0 Å². The van der Waals surface area contributed by atoms with Gasteiger partial charge in [0.1, 0.15) is 5.75 Å². The van der Waals surface area contributed by atoms with Crippen molar-refractivity contribution < 1.29 is 4.74 Å². The van der Waals surface area contributed by atoms with E-state index in [-0.39, 0.29) is 0 Å². The van der Waals surface area contributed by atoms with E-state index in [1.165, 1.54) is 11.1 Å². The Labute approximate surface area is 139 Å². The number of hydrogen-bond acceptors (Lipinski definition) is 4. The zero-order valence-electron chi connectivity index (χ0n) is 13.5. The number of aromatic nitrogens is 4. The van der Waals surface area contributed by atoms with Crippen molar-refractivity contribution >= 4 is 5.65 Å². The molecule has 0 bridgehead atoms. The van der Waals surface area contributed by atoms with Crippen LogP contribution in [-0.4, -0.2) is 19.8 Å². The van der Waals surface area contributed by atoms with Crippen molar-refractivity contribution in [3.05, 3.63) is 71.8 Å². The van der Waals surface area contributed by atoms with Gasteiger partial charge in [-0.15, -0.1) is 15.3 Å². The fraction of sp³-hybridized carbons (Fsp3) is 0.105. The Morgan fingerprint density at radius 2 is 1.67 bits per heavy atom. The Hall–Kier alpha value is -3.21. The predicted molar refractivity (Wildman–Crippen MR) is 92.2 cm³/mol. The summed E-state index contributed by atoms with van der Waals surface area (Å²) in [5.74, 6) is 1.96. The maximum absolute atomic E-state index is 5.90. The topological polar surface area (TPSA) is 52.3 Å². The first kappa shape index (κ1) is 14.4. The fourth-order valence-electron chi connectivity index (χ4n) is 2.49. The molecule has 4 aromatic rings. The van der Waals surface area contributed by atoms with Gasteiger partial charge in [0.2, 0.25) is 5.88 Å². The molecule has 24 heavy (non-hydrogen) atoms. The molecule has 5 heteroatoms. The average Bonchev–Trinajstić information content (AvgIpc) is 3.02. The summed E-state index contributed by atoms with van der Waals surface area (Å²) in [5, 5.41) is 12.9. The molecule has 0 saturated heterocycles. The predicted octanol–water partition coefficient (Wildman–Crippen LogP) is 4.20. The SMILES string of the molecule is Cc1ccc(Oc2ccc3nnc(-c4ccccc4)n3n2)cc1C. The number of rotatable bonds is 3. The number of fused-ring (bicyclic) bond motifs is 1. The van der Waals surface area contributed by atoms with Gasteiger partial charge in [0.25, 0.3) is 0 Å². The summed E-state index contributed by atoms with van der Waals surface area (Å²) in [6.07, 6.45) is 0. The molecule has 0 atom stereocenters. The van der Waals surface area contributed by atoms with Crippen LogP contribution in [0.15, 0.2) is 60.7 Å². The molecule has 0 aliphatic rings. The van der Waals surface area contributed by atoms with E-state index in [9.17, 15) is 0 Å². The molecular formula is C19H16N4O. The van der Waals surface area contributed by atoms with E-state index in [2.05, 4.69) is 29.1 Å². The Morgan fingerprint density at radius 3 is 2.46 bits per heavy atom. The molecule has 5 nitrogen and oxygen atoms in total. The lowest BCUT2D eigenvalue weighted by Crippen LogP contribution is -1.98. The summed E-state index contributed by atoms with van der Waals surface area (Å²) in [7, 11) is 0. The monoisotopic (exact) mass is 316 g/mol. The van der Waals surface area contributed by atoms with Gasteiger partial charge < -0.3 is 4.74 Å². The van der Waals surface area contributed by atoms with Gasteiger partial charge in [-0.3, -0.25) is 0 Å². The first-order valence-electron chi connectivity index (χ1n) is 7.74. The lowest BCUT2D eigenvalue weighted by Gasteiger charge is -2.07. The van der Waals surface area contributed by atoms with Crippen LogP contribution in [0.2, 0.25) is 0 Å². The minimum atomic E-state index is 0.503. The van der Waals surface area contributed by atoms with Crippen LogP contribution in [0, 0.1) is 13.8 Å². The molecular weight excluding hydrogens is 300 g/mol. The number of ether oxygens (including phenoxy) is 1. The number of hydrogen-bond donors (Lipinski definition) is 0. The zero-order valence-corrected chi connectivity index (χ0v) is 13.5. The highest BCUT2D eigenvalue weighted by Gasteiger charge is 2.10. The first-order valence-corrected chi connectivity index (χ1v) is 7.74. The molecule has 0 amide bonds. The van der Waals surface area contributed by atoms with E-state index in [0.717, 1.165) is 11.3 Å². The Balaban J connectivity index is 1.73. The number of aryl methyl sites for hydroxylation is 2. The molecule has 0 unspecified atom stereocenters. The quantitative estimate of drug-likeness (QED) is 0.568. The van der Waals surface area contributed by atoms with E-state index < -0.39 is 0 Å². The van der Waals surface area contributed by atoms with Crippen molar-refractivity contribution in [1.82, 2.24) is 19.8 Å². The van der Waals surface area contributed by atoms with Crippen molar-refractivity contribution in [2.24, 2.45) is 0 Å². The third kappa shape index (κ3) is 2.60. The van der Waals surface area contributed by atoms with E-state index in [1.54, 1.807) is 10.6 Å². The summed E-state index contributed by atoms with van der Waals surface area (Å²) in [6, 6.07) is 19.5. The van der Waals surface area contributed by atoms with Gasteiger partial charge >= 0.3 is 0 Å². The Kier molecular flexibility index (Phi) is 3.46. The molecule has 118 valence electrons. The molecule has 2 aromatic heterocycles. The molecule has 0 spiro atoms. The normalized spacial score (nSPS) is 10.9.